The van der Waals surface area contributed by atoms with Crippen molar-refractivity contribution in [3.8, 4) is 11.5 Å². The van der Waals surface area contributed by atoms with Crippen molar-refractivity contribution < 1.29 is 20.1 Å². The van der Waals surface area contributed by atoms with Gasteiger partial charge in [0.2, 0.25) is 5.43 Å². The van der Waals surface area contributed by atoms with Gasteiger partial charge in [-0.25, -0.2) is 4.79 Å². The highest BCUT2D eigenvalue weighted by molar-refractivity contribution is 5.98. The zero-order valence-corrected chi connectivity index (χ0v) is 9.47. The van der Waals surface area contributed by atoms with E-state index in [-0.39, 0.29) is 22.1 Å². The molecule has 5 heteroatoms. The van der Waals surface area contributed by atoms with Crippen LogP contribution < -0.4 is 5.43 Å². The van der Waals surface area contributed by atoms with Gasteiger partial charge in [0, 0.05) is 6.07 Å². The molecule has 0 saturated heterocycles. The van der Waals surface area contributed by atoms with Crippen LogP contribution in [0.5, 0.6) is 11.5 Å². The molecule has 0 aliphatic heterocycles. The summed E-state index contributed by atoms with van der Waals surface area (Å²) in [5.41, 5.74) is -0.600. The SMILES string of the molecule is Cc1ccc2cc(C(=O)O)cc(=O)c(O)c2c1O. The molecule has 0 heterocycles. The van der Waals surface area contributed by atoms with Crippen LogP contribution in [0.1, 0.15) is 15.9 Å². The van der Waals surface area contributed by atoms with Gasteiger partial charge in [-0.2, -0.15) is 0 Å². The maximum atomic E-state index is 11.6. The first kappa shape index (κ1) is 11.9. The summed E-state index contributed by atoms with van der Waals surface area (Å²) in [6.07, 6.45) is 0. The Morgan fingerprint density at radius 1 is 1.11 bits per heavy atom. The molecule has 0 aromatic heterocycles. The number of fused-ring (bicyclic) bond motifs is 1. The predicted molar refractivity (Wildman–Crippen MR) is 65.2 cm³/mol. The van der Waals surface area contributed by atoms with Crippen LogP contribution in [0.2, 0.25) is 0 Å². The van der Waals surface area contributed by atoms with Gasteiger partial charge in [-0.1, -0.05) is 12.1 Å². The third-order valence-electron chi connectivity index (χ3n) is 2.73. The quantitative estimate of drug-likeness (QED) is 0.710. The smallest absolute Gasteiger partial charge is 0.335 e. The lowest BCUT2D eigenvalue weighted by molar-refractivity contribution is 0.0697. The van der Waals surface area contributed by atoms with Crippen molar-refractivity contribution in [2.45, 2.75) is 6.92 Å². The Hall–Kier alpha value is -2.56. The van der Waals surface area contributed by atoms with Crippen molar-refractivity contribution >= 4 is 16.7 Å². The number of carboxylic acid groups (broad SMARTS) is 1. The third kappa shape index (κ3) is 1.75. The Morgan fingerprint density at radius 3 is 2.39 bits per heavy atom. The summed E-state index contributed by atoms with van der Waals surface area (Å²) in [5, 5.41) is 28.8. The van der Waals surface area contributed by atoms with Crippen LogP contribution in [0, 0.1) is 6.92 Å². The zero-order chi connectivity index (χ0) is 13.4. The van der Waals surface area contributed by atoms with Crippen LogP contribution in [-0.2, 0) is 0 Å². The van der Waals surface area contributed by atoms with Gasteiger partial charge in [0.1, 0.15) is 5.75 Å². The number of hydrogen-bond acceptors (Lipinski definition) is 4. The summed E-state index contributed by atoms with van der Waals surface area (Å²) in [7, 11) is 0. The van der Waals surface area contributed by atoms with Crippen molar-refractivity contribution in [1.29, 1.82) is 0 Å². The lowest BCUT2D eigenvalue weighted by atomic mass is 10.1. The number of carbonyl (C=O) groups is 1. The van der Waals surface area contributed by atoms with E-state index in [1.807, 2.05) is 0 Å². The van der Waals surface area contributed by atoms with E-state index in [0.29, 0.717) is 5.56 Å². The number of carboxylic acids is 1. The maximum absolute atomic E-state index is 11.6. The molecule has 2 aromatic rings. The Kier molecular flexibility index (Phi) is 2.67. The molecule has 0 atom stereocenters. The van der Waals surface area contributed by atoms with Gasteiger partial charge in [-0.05, 0) is 23.9 Å². The first-order chi connectivity index (χ1) is 8.41. The highest BCUT2D eigenvalue weighted by Crippen LogP contribution is 2.32. The van der Waals surface area contributed by atoms with Crippen molar-refractivity contribution in [3.05, 3.63) is 45.6 Å². The molecule has 3 N–H and O–H groups in total. The molecular formula is C13H10O5. The molecule has 0 aliphatic rings. The Bertz CT molecular complexity index is 719. The van der Waals surface area contributed by atoms with E-state index < -0.39 is 17.1 Å². The minimum atomic E-state index is -1.27. The number of phenolic OH excluding ortho intramolecular Hbond substituents is 1. The minimum Gasteiger partial charge on any atom is -0.507 e. The van der Waals surface area contributed by atoms with Crippen molar-refractivity contribution in [2.75, 3.05) is 0 Å². The molecule has 0 fully saturated rings. The maximum Gasteiger partial charge on any atom is 0.335 e. The van der Waals surface area contributed by atoms with Gasteiger partial charge >= 0.3 is 5.97 Å². The monoisotopic (exact) mass is 246 g/mol. The molecule has 0 bridgehead atoms. The van der Waals surface area contributed by atoms with Crippen LogP contribution >= 0.6 is 0 Å². The number of aromatic hydroxyl groups is 2. The summed E-state index contributed by atoms with van der Waals surface area (Å²) in [6.45, 7) is 1.61. The molecule has 0 saturated carbocycles. The van der Waals surface area contributed by atoms with E-state index in [0.717, 1.165) is 6.07 Å². The van der Waals surface area contributed by atoms with Crippen molar-refractivity contribution in [3.63, 3.8) is 0 Å². The molecule has 0 radical (unpaired) electrons. The molecule has 0 amide bonds. The summed E-state index contributed by atoms with van der Waals surface area (Å²) < 4.78 is 0. The Morgan fingerprint density at radius 2 is 1.78 bits per heavy atom. The van der Waals surface area contributed by atoms with Gasteiger partial charge in [0.25, 0.3) is 0 Å². The first-order valence-corrected chi connectivity index (χ1v) is 5.14. The van der Waals surface area contributed by atoms with Crippen molar-refractivity contribution in [2.24, 2.45) is 0 Å². The molecule has 2 aromatic carbocycles. The second kappa shape index (κ2) is 4.03. The topological polar surface area (TPSA) is 94.8 Å². The summed E-state index contributed by atoms with van der Waals surface area (Å²) in [4.78, 5) is 22.5. The van der Waals surface area contributed by atoms with Crippen LogP contribution in [-0.4, -0.2) is 21.3 Å². The minimum absolute atomic E-state index is 0.0347. The van der Waals surface area contributed by atoms with Gasteiger partial charge in [-0.3, -0.25) is 4.79 Å². The van der Waals surface area contributed by atoms with E-state index in [1.54, 1.807) is 13.0 Å². The number of benzene rings is 1. The van der Waals surface area contributed by atoms with E-state index in [9.17, 15) is 19.8 Å². The fourth-order valence-electron chi connectivity index (χ4n) is 1.75. The van der Waals surface area contributed by atoms with Gasteiger partial charge in [0.15, 0.2) is 5.75 Å². The number of aryl methyl sites for hydroxylation is 1. The highest BCUT2D eigenvalue weighted by atomic mass is 16.4. The number of hydrogen-bond donors (Lipinski definition) is 3. The number of aromatic carboxylic acids is 1. The molecule has 92 valence electrons. The highest BCUT2D eigenvalue weighted by Gasteiger charge is 2.13. The average molecular weight is 246 g/mol. The molecule has 0 unspecified atom stereocenters. The van der Waals surface area contributed by atoms with Crippen LogP contribution in [0.4, 0.5) is 0 Å². The molecule has 0 aliphatic carbocycles. The van der Waals surface area contributed by atoms with Gasteiger partial charge in [-0.15, -0.1) is 0 Å². The molecule has 5 nitrogen and oxygen atoms in total. The van der Waals surface area contributed by atoms with E-state index >= 15 is 0 Å². The van der Waals surface area contributed by atoms with Gasteiger partial charge in [0.05, 0.1) is 10.9 Å². The second-order valence-corrected chi connectivity index (χ2v) is 3.96. The molecular weight excluding hydrogens is 236 g/mol. The van der Waals surface area contributed by atoms with E-state index in [2.05, 4.69) is 0 Å². The normalized spacial score (nSPS) is 10.5. The van der Waals surface area contributed by atoms with Crippen LogP contribution in [0.3, 0.4) is 0 Å². The molecule has 18 heavy (non-hydrogen) atoms. The van der Waals surface area contributed by atoms with Crippen molar-refractivity contribution in [1.82, 2.24) is 0 Å². The second-order valence-electron chi connectivity index (χ2n) is 3.96. The fourth-order valence-corrected chi connectivity index (χ4v) is 1.75. The number of rotatable bonds is 1. The van der Waals surface area contributed by atoms with Gasteiger partial charge < -0.3 is 15.3 Å². The lowest BCUT2D eigenvalue weighted by Gasteiger charge is -2.02. The lowest BCUT2D eigenvalue weighted by Crippen LogP contribution is -2.00. The first-order valence-electron chi connectivity index (χ1n) is 5.14. The summed E-state index contributed by atoms with van der Waals surface area (Å²) in [6, 6.07) is 5.17. The number of phenols is 1. The van der Waals surface area contributed by atoms with Crippen LogP contribution in [0.15, 0.2) is 29.1 Å². The van der Waals surface area contributed by atoms with E-state index in [1.165, 1.54) is 12.1 Å². The average Bonchev–Trinajstić information content (AvgIpc) is 2.43. The summed E-state index contributed by atoms with van der Waals surface area (Å²) >= 11 is 0. The largest absolute Gasteiger partial charge is 0.507 e. The van der Waals surface area contributed by atoms with E-state index in [4.69, 9.17) is 5.11 Å². The Labute approximate surface area is 102 Å². The third-order valence-corrected chi connectivity index (χ3v) is 2.73. The molecule has 2 rings (SSSR count). The fraction of sp³-hybridized carbons (Fsp3) is 0.0769. The van der Waals surface area contributed by atoms with Crippen LogP contribution in [0.25, 0.3) is 10.8 Å². The Balaban J connectivity index is 3.08. The standard InChI is InChI=1S/C13H10O5/c1-6-2-3-7-4-8(13(17)18)5-9(14)12(16)10(7)11(6)15/h2-5,15H,1H3,(H,14,16)(H,17,18). The summed E-state index contributed by atoms with van der Waals surface area (Å²) in [5.74, 6) is -2.16. The molecule has 0 spiro atoms. The zero-order valence-electron chi connectivity index (χ0n) is 9.47. The predicted octanol–water partition coefficient (Wildman–Crippen LogP) is 1.62.